The molecule has 2 aromatic rings. The highest BCUT2D eigenvalue weighted by molar-refractivity contribution is 7.92. The predicted octanol–water partition coefficient (Wildman–Crippen LogP) is 1.74. The van der Waals surface area contributed by atoms with Crippen molar-refractivity contribution in [2.75, 3.05) is 43.4 Å². The van der Waals surface area contributed by atoms with Crippen LogP contribution in [0.3, 0.4) is 0 Å². The van der Waals surface area contributed by atoms with E-state index in [4.69, 9.17) is 4.74 Å². The third-order valence-corrected chi connectivity index (χ3v) is 5.92. The molecule has 0 spiro atoms. The second kappa shape index (κ2) is 10.0. The van der Waals surface area contributed by atoms with Crippen LogP contribution < -0.4 is 9.62 Å². The number of sulfonamides is 1. The minimum atomic E-state index is -3.75. The van der Waals surface area contributed by atoms with E-state index in [9.17, 15) is 17.6 Å². The molecule has 7 nitrogen and oxygen atoms in total. The van der Waals surface area contributed by atoms with Crippen LogP contribution in [-0.2, 0) is 32.6 Å². The van der Waals surface area contributed by atoms with Gasteiger partial charge in [-0.1, -0.05) is 30.3 Å². The summed E-state index contributed by atoms with van der Waals surface area (Å²) in [6.45, 7) is 3.92. The van der Waals surface area contributed by atoms with E-state index in [1.165, 1.54) is 18.2 Å². The highest BCUT2D eigenvalue weighted by Crippen LogP contribution is 2.18. The van der Waals surface area contributed by atoms with Crippen LogP contribution in [0.15, 0.2) is 48.5 Å². The monoisotopic (exact) mass is 435 g/mol. The zero-order valence-electron chi connectivity index (χ0n) is 16.9. The SMILES string of the molecule is CS(=O)(=O)N(CC(=O)NCc1cccc(CN2CCOCC2)c1)c1cccc(F)c1. The van der Waals surface area contributed by atoms with Crippen LogP contribution in [0.25, 0.3) is 0 Å². The second-order valence-corrected chi connectivity index (χ2v) is 9.14. The van der Waals surface area contributed by atoms with Crippen molar-refractivity contribution in [1.82, 2.24) is 10.2 Å². The van der Waals surface area contributed by atoms with Gasteiger partial charge in [-0.3, -0.25) is 14.0 Å². The summed E-state index contributed by atoms with van der Waals surface area (Å²) in [6.07, 6.45) is 0.986. The van der Waals surface area contributed by atoms with Crippen LogP contribution in [0, 0.1) is 5.82 Å². The average molecular weight is 436 g/mol. The van der Waals surface area contributed by atoms with Crippen molar-refractivity contribution in [2.45, 2.75) is 13.1 Å². The first-order valence-electron chi connectivity index (χ1n) is 9.69. The van der Waals surface area contributed by atoms with Crippen molar-refractivity contribution in [3.8, 4) is 0 Å². The summed E-state index contributed by atoms with van der Waals surface area (Å²) in [5.74, 6) is -1.04. The molecule has 1 heterocycles. The Kier molecular flexibility index (Phi) is 7.41. The number of nitrogens with one attached hydrogen (secondary N) is 1. The minimum absolute atomic E-state index is 0.111. The molecular weight excluding hydrogens is 409 g/mol. The average Bonchev–Trinajstić information content (AvgIpc) is 2.71. The van der Waals surface area contributed by atoms with E-state index in [0.717, 1.165) is 60.6 Å². The quantitative estimate of drug-likeness (QED) is 0.683. The summed E-state index contributed by atoms with van der Waals surface area (Å²) in [5.41, 5.74) is 2.17. The van der Waals surface area contributed by atoms with Crippen molar-refractivity contribution >= 4 is 21.6 Å². The molecule has 0 bridgehead atoms. The Morgan fingerprint density at radius 3 is 2.53 bits per heavy atom. The largest absolute Gasteiger partial charge is 0.379 e. The van der Waals surface area contributed by atoms with Gasteiger partial charge in [0.1, 0.15) is 12.4 Å². The molecule has 3 rings (SSSR count). The van der Waals surface area contributed by atoms with Gasteiger partial charge >= 0.3 is 0 Å². The molecule has 0 unspecified atom stereocenters. The number of carbonyl (C=O) groups is 1. The highest BCUT2D eigenvalue weighted by atomic mass is 32.2. The number of hydrogen-bond donors (Lipinski definition) is 1. The number of rotatable bonds is 8. The zero-order valence-corrected chi connectivity index (χ0v) is 17.7. The molecule has 162 valence electrons. The highest BCUT2D eigenvalue weighted by Gasteiger charge is 2.21. The lowest BCUT2D eigenvalue weighted by molar-refractivity contribution is -0.119. The van der Waals surface area contributed by atoms with Gasteiger partial charge in [0.15, 0.2) is 0 Å². The summed E-state index contributed by atoms with van der Waals surface area (Å²) in [7, 11) is -3.75. The minimum Gasteiger partial charge on any atom is -0.379 e. The lowest BCUT2D eigenvalue weighted by Crippen LogP contribution is -2.40. The number of morpholine rings is 1. The Balaban J connectivity index is 1.59. The van der Waals surface area contributed by atoms with E-state index in [1.807, 2.05) is 24.3 Å². The molecule has 30 heavy (non-hydrogen) atoms. The van der Waals surface area contributed by atoms with E-state index in [2.05, 4.69) is 10.2 Å². The number of amides is 1. The van der Waals surface area contributed by atoms with Gasteiger partial charge in [0.05, 0.1) is 25.2 Å². The molecule has 0 atom stereocenters. The van der Waals surface area contributed by atoms with Gasteiger partial charge in [-0.25, -0.2) is 12.8 Å². The second-order valence-electron chi connectivity index (χ2n) is 7.23. The fraction of sp³-hybridized carbons (Fsp3) is 0.381. The number of benzene rings is 2. The maximum Gasteiger partial charge on any atom is 0.241 e. The maximum absolute atomic E-state index is 13.5. The van der Waals surface area contributed by atoms with Gasteiger partial charge in [-0.15, -0.1) is 0 Å². The number of carbonyl (C=O) groups excluding carboxylic acids is 1. The van der Waals surface area contributed by atoms with Crippen molar-refractivity contribution in [1.29, 1.82) is 0 Å². The van der Waals surface area contributed by atoms with Crippen molar-refractivity contribution in [3.63, 3.8) is 0 Å². The fourth-order valence-corrected chi connectivity index (χ4v) is 4.12. The van der Waals surface area contributed by atoms with Gasteiger partial charge in [-0.2, -0.15) is 0 Å². The van der Waals surface area contributed by atoms with Gasteiger partial charge in [0.2, 0.25) is 15.9 Å². The third-order valence-electron chi connectivity index (χ3n) is 4.77. The fourth-order valence-electron chi connectivity index (χ4n) is 3.27. The van der Waals surface area contributed by atoms with Crippen molar-refractivity contribution < 1.29 is 22.3 Å². The molecule has 1 aliphatic heterocycles. The van der Waals surface area contributed by atoms with Crippen LogP contribution >= 0.6 is 0 Å². The molecule has 0 aromatic heterocycles. The Labute approximate surface area is 176 Å². The Morgan fingerprint density at radius 1 is 1.13 bits per heavy atom. The summed E-state index contributed by atoms with van der Waals surface area (Å²) >= 11 is 0. The number of nitrogens with zero attached hydrogens (tertiary/aromatic N) is 2. The molecular formula is C21H26FN3O4S. The predicted molar refractivity (Wildman–Crippen MR) is 113 cm³/mol. The summed E-state index contributed by atoms with van der Waals surface area (Å²) < 4.78 is 43.9. The lowest BCUT2D eigenvalue weighted by atomic mass is 10.1. The maximum atomic E-state index is 13.5. The van der Waals surface area contributed by atoms with Crippen LogP contribution in [0.1, 0.15) is 11.1 Å². The first kappa shape index (κ1) is 22.2. The van der Waals surface area contributed by atoms with Crippen LogP contribution in [0.4, 0.5) is 10.1 Å². The number of anilines is 1. The molecule has 1 amide bonds. The molecule has 0 radical (unpaired) electrons. The topological polar surface area (TPSA) is 79.0 Å². The summed E-state index contributed by atoms with van der Waals surface area (Å²) in [5, 5.41) is 2.74. The number of hydrogen-bond acceptors (Lipinski definition) is 5. The molecule has 1 aliphatic rings. The van der Waals surface area contributed by atoms with Gasteiger partial charge in [0, 0.05) is 26.2 Å². The van der Waals surface area contributed by atoms with E-state index in [0.29, 0.717) is 0 Å². The summed E-state index contributed by atoms with van der Waals surface area (Å²) in [4.78, 5) is 14.7. The molecule has 0 saturated carbocycles. The first-order valence-corrected chi connectivity index (χ1v) is 11.5. The van der Waals surface area contributed by atoms with Crippen LogP contribution in [0.5, 0.6) is 0 Å². The van der Waals surface area contributed by atoms with Crippen molar-refractivity contribution in [2.24, 2.45) is 0 Å². The Bertz CT molecular complexity index is 978. The Hall–Kier alpha value is -2.49. The summed E-state index contributed by atoms with van der Waals surface area (Å²) in [6, 6.07) is 13.1. The number of halogens is 1. The lowest BCUT2D eigenvalue weighted by Gasteiger charge is -2.26. The molecule has 9 heteroatoms. The van der Waals surface area contributed by atoms with E-state index < -0.39 is 28.3 Å². The van der Waals surface area contributed by atoms with Crippen LogP contribution in [0.2, 0.25) is 0 Å². The van der Waals surface area contributed by atoms with E-state index in [1.54, 1.807) is 0 Å². The van der Waals surface area contributed by atoms with Crippen LogP contribution in [-0.4, -0.2) is 58.3 Å². The smallest absolute Gasteiger partial charge is 0.241 e. The van der Waals surface area contributed by atoms with Gasteiger partial charge in [-0.05, 0) is 29.3 Å². The number of ether oxygens (including phenoxy) is 1. The van der Waals surface area contributed by atoms with E-state index >= 15 is 0 Å². The van der Waals surface area contributed by atoms with E-state index in [-0.39, 0.29) is 12.2 Å². The standard InChI is InChI=1S/C21H26FN3O4S/c1-30(27,28)25(20-7-3-6-19(22)13-20)16-21(26)23-14-17-4-2-5-18(12-17)15-24-8-10-29-11-9-24/h2-7,12-13H,8-11,14-16H2,1H3,(H,23,26). The zero-order chi connectivity index (χ0) is 21.6. The third kappa shape index (κ3) is 6.51. The molecule has 1 N–H and O–H groups in total. The molecule has 1 saturated heterocycles. The first-order chi connectivity index (χ1) is 14.3. The molecule has 1 fully saturated rings. The van der Waals surface area contributed by atoms with Crippen molar-refractivity contribution in [3.05, 3.63) is 65.5 Å². The molecule has 2 aromatic carbocycles. The Morgan fingerprint density at radius 2 is 1.83 bits per heavy atom. The molecule has 0 aliphatic carbocycles. The normalized spacial score (nSPS) is 15.0. The van der Waals surface area contributed by atoms with Gasteiger partial charge in [0.25, 0.3) is 0 Å². The van der Waals surface area contributed by atoms with Gasteiger partial charge < -0.3 is 10.1 Å².